The standard InChI is InChI=1S/C11H5F3N2O/c12-11(13,14)10-4-8(5-16)7(1-2-15)3-9(10)6-17/h3-4,6H,1H2. The Morgan fingerprint density at radius 2 is 1.94 bits per heavy atom. The van der Waals surface area contributed by atoms with Crippen LogP contribution in [0.15, 0.2) is 12.1 Å². The first-order valence-corrected chi connectivity index (χ1v) is 4.40. The lowest BCUT2D eigenvalue weighted by Crippen LogP contribution is -2.10. The van der Waals surface area contributed by atoms with Crippen molar-refractivity contribution >= 4 is 6.29 Å². The second-order valence-electron chi connectivity index (χ2n) is 3.16. The minimum Gasteiger partial charge on any atom is -0.298 e. The molecule has 86 valence electrons. The molecule has 0 atom stereocenters. The van der Waals surface area contributed by atoms with Crippen molar-refractivity contribution in [2.75, 3.05) is 0 Å². The fraction of sp³-hybridized carbons (Fsp3) is 0.182. The van der Waals surface area contributed by atoms with Gasteiger partial charge in [0.1, 0.15) is 0 Å². The number of rotatable bonds is 2. The lowest BCUT2D eigenvalue weighted by atomic mass is 9.97. The molecule has 0 aromatic heterocycles. The van der Waals surface area contributed by atoms with Gasteiger partial charge in [-0.3, -0.25) is 4.79 Å². The van der Waals surface area contributed by atoms with E-state index in [1.54, 1.807) is 12.1 Å². The first-order chi connectivity index (χ1) is 7.93. The molecule has 0 aliphatic heterocycles. The van der Waals surface area contributed by atoms with Crippen LogP contribution in [0.2, 0.25) is 0 Å². The lowest BCUT2D eigenvalue weighted by molar-refractivity contribution is -0.137. The predicted molar refractivity (Wildman–Crippen MR) is 50.9 cm³/mol. The maximum Gasteiger partial charge on any atom is 0.417 e. The van der Waals surface area contributed by atoms with Crippen molar-refractivity contribution in [3.8, 4) is 12.1 Å². The van der Waals surface area contributed by atoms with Gasteiger partial charge in [0.15, 0.2) is 6.29 Å². The summed E-state index contributed by atoms with van der Waals surface area (Å²) in [6.07, 6.45) is -4.86. The predicted octanol–water partition coefficient (Wildman–Crippen LogP) is 2.46. The van der Waals surface area contributed by atoms with Crippen LogP contribution in [0.5, 0.6) is 0 Å². The van der Waals surface area contributed by atoms with E-state index in [2.05, 4.69) is 0 Å². The zero-order valence-electron chi connectivity index (χ0n) is 8.38. The molecule has 0 unspecified atom stereocenters. The van der Waals surface area contributed by atoms with Crippen LogP contribution in [0.1, 0.15) is 27.0 Å². The molecule has 6 heteroatoms. The molecular weight excluding hydrogens is 233 g/mol. The molecular formula is C11H5F3N2O. The molecule has 3 nitrogen and oxygen atoms in total. The highest BCUT2D eigenvalue weighted by molar-refractivity contribution is 5.79. The van der Waals surface area contributed by atoms with E-state index in [-0.39, 0.29) is 23.8 Å². The van der Waals surface area contributed by atoms with Crippen molar-refractivity contribution < 1.29 is 18.0 Å². The van der Waals surface area contributed by atoms with Crippen molar-refractivity contribution in [2.45, 2.75) is 12.6 Å². The summed E-state index contributed by atoms with van der Waals surface area (Å²) in [4.78, 5) is 10.6. The molecule has 0 radical (unpaired) electrons. The third-order valence-electron chi connectivity index (χ3n) is 2.10. The summed E-state index contributed by atoms with van der Waals surface area (Å²) in [6.45, 7) is 0. The smallest absolute Gasteiger partial charge is 0.298 e. The zero-order valence-corrected chi connectivity index (χ0v) is 8.38. The Hall–Kier alpha value is -2.34. The third-order valence-corrected chi connectivity index (χ3v) is 2.10. The number of nitriles is 2. The molecule has 0 fully saturated rings. The topological polar surface area (TPSA) is 64.7 Å². The fourth-order valence-electron chi connectivity index (χ4n) is 1.34. The monoisotopic (exact) mass is 238 g/mol. The average Bonchev–Trinajstić information content (AvgIpc) is 2.27. The van der Waals surface area contributed by atoms with Crippen LogP contribution < -0.4 is 0 Å². The van der Waals surface area contributed by atoms with E-state index in [0.717, 1.165) is 6.07 Å². The van der Waals surface area contributed by atoms with Gasteiger partial charge in [-0.15, -0.1) is 0 Å². The average molecular weight is 238 g/mol. The Morgan fingerprint density at radius 1 is 1.29 bits per heavy atom. The quantitative estimate of drug-likeness (QED) is 0.743. The van der Waals surface area contributed by atoms with Gasteiger partial charge in [-0.1, -0.05) is 0 Å². The second kappa shape index (κ2) is 4.67. The van der Waals surface area contributed by atoms with Gasteiger partial charge in [-0.05, 0) is 17.7 Å². The maximum atomic E-state index is 12.5. The molecule has 0 aliphatic rings. The normalized spacial score (nSPS) is 10.4. The van der Waals surface area contributed by atoms with Gasteiger partial charge in [0.25, 0.3) is 0 Å². The minimum absolute atomic E-state index is 0.0604. The van der Waals surface area contributed by atoms with Gasteiger partial charge in [0, 0.05) is 5.56 Å². The summed E-state index contributed by atoms with van der Waals surface area (Å²) in [5.41, 5.74) is -1.86. The summed E-state index contributed by atoms with van der Waals surface area (Å²) in [7, 11) is 0. The first kappa shape index (κ1) is 12.7. The summed E-state index contributed by atoms with van der Waals surface area (Å²) in [6, 6.07) is 4.82. The van der Waals surface area contributed by atoms with Gasteiger partial charge >= 0.3 is 6.18 Å². The molecule has 0 amide bonds. The minimum atomic E-state index is -4.70. The third kappa shape index (κ3) is 2.61. The number of carbonyl (C=O) groups is 1. The van der Waals surface area contributed by atoms with Gasteiger partial charge in [0.05, 0.1) is 29.7 Å². The number of carbonyl (C=O) groups excluding carboxylic acids is 1. The molecule has 0 spiro atoms. The summed E-state index contributed by atoms with van der Waals surface area (Å²) in [5, 5.41) is 17.1. The molecule has 0 heterocycles. The molecule has 0 N–H and O–H groups in total. The zero-order chi connectivity index (χ0) is 13.1. The van der Waals surface area contributed by atoms with Crippen LogP contribution in [0.4, 0.5) is 13.2 Å². The number of alkyl halides is 3. The second-order valence-corrected chi connectivity index (χ2v) is 3.16. The number of hydrogen-bond acceptors (Lipinski definition) is 3. The first-order valence-electron chi connectivity index (χ1n) is 4.40. The van der Waals surface area contributed by atoms with Gasteiger partial charge in [-0.25, -0.2) is 0 Å². The largest absolute Gasteiger partial charge is 0.417 e. The van der Waals surface area contributed by atoms with Crippen molar-refractivity contribution in [3.05, 3.63) is 34.4 Å². The fourth-order valence-corrected chi connectivity index (χ4v) is 1.34. The maximum absolute atomic E-state index is 12.5. The van der Waals surface area contributed by atoms with Crippen molar-refractivity contribution in [2.24, 2.45) is 0 Å². The molecule has 1 aromatic rings. The van der Waals surface area contributed by atoms with E-state index in [4.69, 9.17) is 10.5 Å². The number of aldehydes is 1. The van der Waals surface area contributed by atoms with Crippen LogP contribution in [0.3, 0.4) is 0 Å². The summed E-state index contributed by atoms with van der Waals surface area (Å²) in [5.74, 6) is 0. The molecule has 0 aliphatic carbocycles. The Kier molecular flexibility index (Phi) is 3.49. The highest BCUT2D eigenvalue weighted by Crippen LogP contribution is 2.33. The van der Waals surface area contributed by atoms with Gasteiger partial charge in [-0.2, -0.15) is 23.7 Å². The van der Waals surface area contributed by atoms with Crippen LogP contribution in [0.25, 0.3) is 0 Å². The van der Waals surface area contributed by atoms with E-state index >= 15 is 0 Å². The SMILES string of the molecule is N#CCc1cc(C=O)c(C(F)(F)F)cc1C#N. The Bertz CT molecular complexity index is 535. The van der Waals surface area contributed by atoms with Crippen molar-refractivity contribution in [1.29, 1.82) is 10.5 Å². The van der Waals surface area contributed by atoms with Gasteiger partial charge < -0.3 is 0 Å². The van der Waals surface area contributed by atoms with Crippen molar-refractivity contribution in [3.63, 3.8) is 0 Å². The molecule has 0 bridgehead atoms. The van der Waals surface area contributed by atoms with E-state index in [1.165, 1.54) is 0 Å². The lowest BCUT2D eigenvalue weighted by Gasteiger charge is -2.11. The number of nitrogens with zero attached hydrogens (tertiary/aromatic N) is 2. The van der Waals surface area contributed by atoms with Crippen molar-refractivity contribution in [1.82, 2.24) is 0 Å². The Balaban J connectivity index is 3.51. The molecule has 0 saturated carbocycles. The van der Waals surface area contributed by atoms with Crippen LogP contribution in [-0.2, 0) is 12.6 Å². The summed E-state index contributed by atoms with van der Waals surface area (Å²) >= 11 is 0. The van der Waals surface area contributed by atoms with Crippen LogP contribution >= 0.6 is 0 Å². The summed E-state index contributed by atoms with van der Waals surface area (Å²) < 4.78 is 37.6. The van der Waals surface area contributed by atoms with E-state index in [1.807, 2.05) is 0 Å². The highest BCUT2D eigenvalue weighted by Gasteiger charge is 2.34. The molecule has 1 rings (SSSR count). The Labute approximate surface area is 94.7 Å². The molecule has 1 aromatic carbocycles. The Morgan fingerprint density at radius 3 is 2.35 bits per heavy atom. The van der Waals surface area contributed by atoms with E-state index < -0.39 is 17.3 Å². The van der Waals surface area contributed by atoms with E-state index in [0.29, 0.717) is 6.07 Å². The number of halogens is 3. The molecule has 0 saturated heterocycles. The van der Waals surface area contributed by atoms with Crippen LogP contribution in [-0.4, -0.2) is 6.29 Å². The van der Waals surface area contributed by atoms with Gasteiger partial charge in [0.2, 0.25) is 0 Å². The molecule has 17 heavy (non-hydrogen) atoms. The number of hydrogen-bond donors (Lipinski definition) is 0. The van der Waals surface area contributed by atoms with Crippen LogP contribution in [0, 0.1) is 22.7 Å². The highest BCUT2D eigenvalue weighted by atomic mass is 19.4. The van der Waals surface area contributed by atoms with E-state index in [9.17, 15) is 18.0 Å². The number of benzene rings is 1.